The molecule has 0 aromatic heterocycles. The Labute approximate surface area is 130 Å². The van der Waals surface area contributed by atoms with Gasteiger partial charge in [-0.05, 0) is 24.3 Å². The molecule has 0 amide bonds. The van der Waals surface area contributed by atoms with Gasteiger partial charge >= 0.3 is 0 Å². The smallest absolute Gasteiger partial charge is 0.152 e. The molecule has 0 saturated carbocycles. The van der Waals surface area contributed by atoms with Crippen molar-refractivity contribution < 1.29 is 5.11 Å². The summed E-state index contributed by atoms with van der Waals surface area (Å²) >= 11 is 23.8. The van der Waals surface area contributed by atoms with Gasteiger partial charge in [0, 0.05) is 27.8 Å². The van der Waals surface area contributed by atoms with Crippen LogP contribution in [0.5, 0.6) is 5.75 Å². The lowest BCUT2D eigenvalue weighted by molar-refractivity contribution is 0.476. The minimum Gasteiger partial charge on any atom is -0.505 e. The third-order valence-electron chi connectivity index (χ3n) is 2.55. The molecule has 0 bridgehead atoms. The van der Waals surface area contributed by atoms with Gasteiger partial charge in [-0.25, -0.2) is 0 Å². The minimum atomic E-state index is -0.135. The average Bonchev–Trinajstić information content (AvgIpc) is 2.35. The monoisotopic (exact) mass is 335 g/mol. The molecule has 2 N–H and O–H groups in total. The van der Waals surface area contributed by atoms with E-state index in [1.807, 2.05) is 0 Å². The van der Waals surface area contributed by atoms with Gasteiger partial charge in [-0.3, -0.25) is 0 Å². The number of hydrogen-bond donors (Lipinski definition) is 2. The van der Waals surface area contributed by atoms with E-state index in [9.17, 15) is 5.11 Å². The van der Waals surface area contributed by atoms with Crippen LogP contribution >= 0.6 is 46.4 Å². The molecular formula is C13H9Cl4NO. The summed E-state index contributed by atoms with van der Waals surface area (Å²) in [5, 5.41) is 14.1. The van der Waals surface area contributed by atoms with Crippen LogP contribution < -0.4 is 5.32 Å². The van der Waals surface area contributed by atoms with Crippen LogP contribution in [-0.4, -0.2) is 5.11 Å². The Hall–Kier alpha value is -0.800. The maximum atomic E-state index is 9.47. The van der Waals surface area contributed by atoms with E-state index in [0.29, 0.717) is 22.3 Å². The van der Waals surface area contributed by atoms with E-state index in [1.165, 1.54) is 0 Å². The Kier molecular flexibility index (Phi) is 4.69. The Balaban J connectivity index is 2.19. The van der Waals surface area contributed by atoms with Gasteiger partial charge < -0.3 is 10.4 Å². The number of phenols is 1. The molecule has 2 aromatic carbocycles. The van der Waals surface area contributed by atoms with Crippen molar-refractivity contribution in [2.24, 2.45) is 0 Å². The summed E-state index contributed by atoms with van der Waals surface area (Å²) < 4.78 is 0. The molecule has 100 valence electrons. The number of aromatic hydroxyl groups is 1. The average molecular weight is 337 g/mol. The highest BCUT2D eigenvalue weighted by Gasteiger charge is 2.08. The molecule has 0 atom stereocenters. The van der Waals surface area contributed by atoms with Crippen molar-refractivity contribution in [2.75, 3.05) is 5.32 Å². The summed E-state index contributed by atoms with van der Waals surface area (Å²) in [6.45, 7) is 0.427. The van der Waals surface area contributed by atoms with Gasteiger partial charge in [0.1, 0.15) is 0 Å². The lowest BCUT2D eigenvalue weighted by Gasteiger charge is -2.11. The Morgan fingerprint density at radius 3 is 1.95 bits per heavy atom. The second-order valence-corrected chi connectivity index (χ2v) is 5.47. The number of phenolic OH excluding ortho intramolecular Hbond substituents is 1. The van der Waals surface area contributed by atoms with E-state index in [-0.39, 0.29) is 15.8 Å². The van der Waals surface area contributed by atoms with Gasteiger partial charge in [0.05, 0.1) is 10.0 Å². The summed E-state index contributed by atoms with van der Waals surface area (Å²) in [7, 11) is 0. The van der Waals surface area contributed by atoms with Crippen LogP contribution in [0, 0.1) is 0 Å². The number of benzene rings is 2. The van der Waals surface area contributed by atoms with E-state index in [0.717, 1.165) is 5.56 Å². The molecule has 6 heteroatoms. The van der Waals surface area contributed by atoms with Crippen LogP contribution in [0.1, 0.15) is 5.56 Å². The van der Waals surface area contributed by atoms with Crippen molar-refractivity contribution >= 4 is 52.1 Å². The molecule has 0 spiro atoms. The highest BCUT2D eigenvalue weighted by molar-refractivity contribution is 6.37. The van der Waals surface area contributed by atoms with Gasteiger partial charge in [0.2, 0.25) is 0 Å². The van der Waals surface area contributed by atoms with Gasteiger partial charge in [-0.15, -0.1) is 0 Å². The Bertz CT molecular complexity index is 572. The maximum absolute atomic E-state index is 9.47. The predicted octanol–water partition coefficient (Wildman–Crippen LogP) is 5.62. The topological polar surface area (TPSA) is 32.3 Å². The molecule has 0 aliphatic rings. The molecule has 2 aromatic rings. The maximum Gasteiger partial charge on any atom is 0.152 e. The molecule has 0 fully saturated rings. The van der Waals surface area contributed by atoms with E-state index >= 15 is 0 Å². The number of rotatable bonds is 3. The van der Waals surface area contributed by atoms with Crippen molar-refractivity contribution in [2.45, 2.75) is 6.54 Å². The normalized spacial score (nSPS) is 10.5. The first-order chi connectivity index (χ1) is 8.99. The van der Waals surface area contributed by atoms with E-state index in [4.69, 9.17) is 46.4 Å². The van der Waals surface area contributed by atoms with Crippen LogP contribution in [0.15, 0.2) is 30.3 Å². The first-order valence-corrected chi connectivity index (χ1v) is 6.85. The van der Waals surface area contributed by atoms with Crippen LogP contribution in [0.3, 0.4) is 0 Å². The quantitative estimate of drug-likeness (QED) is 0.713. The minimum absolute atomic E-state index is 0.135. The van der Waals surface area contributed by atoms with Crippen molar-refractivity contribution in [3.8, 4) is 5.75 Å². The van der Waals surface area contributed by atoms with Gasteiger partial charge in [0.25, 0.3) is 0 Å². The zero-order valence-electron chi connectivity index (χ0n) is 9.55. The lowest BCUT2D eigenvalue weighted by Crippen LogP contribution is -2.01. The van der Waals surface area contributed by atoms with E-state index in [1.54, 1.807) is 30.3 Å². The Morgan fingerprint density at radius 2 is 1.42 bits per heavy atom. The fourth-order valence-electron chi connectivity index (χ4n) is 1.56. The van der Waals surface area contributed by atoms with Gasteiger partial charge in [0.15, 0.2) is 5.75 Å². The second kappa shape index (κ2) is 6.10. The van der Waals surface area contributed by atoms with Crippen LogP contribution in [0.4, 0.5) is 5.69 Å². The highest BCUT2D eigenvalue weighted by Crippen LogP contribution is 2.35. The van der Waals surface area contributed by atoms with Crippen molar-refractivity contribution in [3.05, 3.63) is 56.0 Å². The summed E-state index contributed by atoms with van der Waals surface area (Å²) in [6, 6.07) is 8.46. The molecule has 0 aliphatic heterocycles. The van der Waals surface area contributed by atoms with E-state index in [2.05, 4.69) is 5.32 Å². The van der Waals surface area contributed by atoms with Crippen molar-refractivity contribution in [1.29, 1.82) is 0 Å². The van der Waals surface area contributed by atoms with Crippen LogP contribution in [0.2, 0.25) is 20.1 Å². The summed E-state index contributed by atoms with van der Waals surface area (Å²) in [5.74, 6) is -0.135. The van der Waals surface area contributed by atoms with E-state index < -0.39 is 0 Å². The molecule has 2 nitrogen and oxygen atoms in total. The molecule has 0 radical (unpaired) electrons. The molecule has 0 unspecified atom stereocenters. The van der Waals surface area contributed by atoms with Crippen LogP contribution in [0.25, 0.3) is 0 Å². The standard InChI is InChI=1S/C13H9Cl4NO/c14-9-2-1-3-10(15)8(9)6-18-7-4-11(16)13(19)12(17)5-7/h1-5,18-19H,6H2. The zero-order chi connectivity index (χ0) is 14.0. The summed E-state index contributed by atoms with van der Waals surface area (Å²) in [6.07, 6.45) is 0. The zero-order valence-corrected chi connectivity index (χ0v) is 12.6. The van der Waals surface area contributed by atoms with Gasteiger partial charge in [-0.1, -0.05) is 52.5 Å². The lowest BCUT2D eigenvalue weighted by atomic mass is 10.2. The van der Waals surface area contributed by atoms with Crippen LogP contribution in [-0.2, 0) is 6.54 Å². The van der Waals surface area contributed by atoms with Gasteiger partial charge in [-0.2, -0.15) is 0 Å². The number of halogens is 4. The third-order valence-corrected chi connectivity index (χ3v) is 3.83. The fourth-order valence-corrected chi connectivity index (χ4v) is 2.58. The molecular weight excluding hydrogens is 328 g/mol. The fraction of sp³-hybridized carbons (Fsp3) is 0.0769. The predicted molar refractivity (Wildman–Crippen MR) is 81.9 cm³/mol. The number of hydrogen-bond acceptors (Lipinski definition) is 2. The summed E-state index contributed by atoms with van der Waals surface area (Å²) in [4.78, 5) is 0. The second-order valence-electron chi connectivity index (χ2n) is 3.84. The highest BCUT2D eigenvalue weighted by atomic mass is 35.5. The Morgan fingerprint density at radius 1 is 0.895 bits per heavy atom. The van der Waals surface area contributed by atoms with Crippen molar-refractivity contribution in [3.63, 3.8) is 0 Å². The summed E-state index contributed by atoms with van der Waals surface area (Å²) in [5.41, 5.74) is 1.45. The molecule has 0 heterocycles. The molecule has 0 aliphatic carbocycles. The SMILES string of the molecule is Oc1c(Cl)cc(NCc2c(Cl)cccc2Cl)cc1Cl. The largest absolute Gasteiger partial charge is 0.505 e. The number of nitrogens with one attached hydrogen (secondary N) is 1. The third kappa shape index (κ3) is 3.40. The molecule has 2 rings (SSSR count). The molecule has 0 saturated heterocycles. The molecule has 19 heavy (non-hydrogen) atoms. The number of anilines is 1. The first-order valence-electron chi connectivity index (χ1n) is 5.34. The first kappa shape index (κ1) is 14.6. The van der Waals surface area contributed by atoms with Crippen molar-refractivity contribution in [1.82, 2.24) is 0 Å².